The molecule has 2 rings (SSSR count). The second-order valence-corrected chi connectivity index (χ2v) is 5.43. The lowest BCUT2D eigenvalue weighted by Gasteiger charge is -2.43. The summed E-state index contributed by atoms with van der Waals surface area (Å²) in [5.41, 5.74) is 7.48. The number of anilines is 2. The third kappa shape index (κ3) is 2.57. The Morgan fingerprint density at radius 2 is 2.33 bits per heavy atom. The van der Waals surface area contributed by atoms with Gasteiger partial charge in [-0.2, -0.15) is 0 Å². The van der Waals surface area contributed by atoms with E-state index in [-0.39, 0.29) is 18.3 Å². The average Bonchev–Trinajstić information content (AvgIpc) is 2.30. The van der Waals surface area contributed by atoms with Gasteiger partial charge in [-0.25, -0.2) is 4.98 Å². The maximum absolute atomic E-state index is 9.31. The highest BCUT2D eigenvalue weighted by atomic mass is 16.5. The van der Waals surface area contributed by atoms with E-state index in [0.717, 1.165) is 11.4 Å². The molecule has 1 aliphatic rings. The third-order valence-electron chi connectivity index (χ3n) is 3.17. The number of morpholine rings is 1. The van der Waals surface area contributed by atoms with Gasteiger partial charge in [0.1, 0.15) is 0 Å². The quantitative estimate of drug-likeness (QED) is 0.818. The molecule has 100 valence electrons. The summed E-state index contributed by atoms with van der Waals surface area (Å²) < 4.78 is 5.78. The number of aliphatic hydroxyl groups is 1. The smallest absolute Gasteiger partial charge is 0.152 e. The fraction of sp³-hybridized carbons (Fsp3) is 0.615. The lowest BCUT2D eigenvalue weighted by molar-refractivity contribution is -0.101. The zero-order chi connectivity index (χ0) is 13.3. The maximum Gasteiger partial charge on any atom is 0.152 e. The van der Waals surface area contributed by atoms with Crippen LogP contribution in [0.15, 0.2) is 12.3 Å². The number of ether oxygens (including phenoxy) is 1. The van der Waals surface area contributed by atoms with Gasteiger partial charge in [0.05, 0.1) is 24.0 Å². The molecule has 1 aromatic rings. The van der Waals surface area contributed by atoms with Crippen LogP contribution in [-0.2, 0) is 4.74 Å². The van der Waals surface area contributed by atoms with Crippen molar-refractivity contribution in [3.05, 3.63) is 17.8 Å². The van der Waals surface area contributed by atoms with E-state index in [1.54, 1.807) is 6.20 Å². The van der Waals surface area contributed by atoms with Crippen LogP contribution in [0.5, 0.6) is 0 Å². The fourth-order valence-corrected chi connectivity index (χ4v) is 2.36. The van der Waals surface area contributed by atoms with Crippen LogP contribution in [0, 0.1) is 6.92 Å². The van der Waals surface area contributed by atoms with Gasteiger partial charge < -0.3 is 20.5 Å². The van der Waals surface area contributed by atoms with Crippen molar-refractivity contribution in [2.24, 2.45) is 0 Å². The Hall–Kier alpha value is -1.33. The predicted octanol–water partition coefficient (Wildman–Crippen LogP) is 0.948. The molecule has 1 aromatic heterocycles. The summed E-state index contributed by atoms with van der Waals surface area (Å²) in [6.45, 7) is 7.31. The van der Waals surface area contributed by atoms with Crippen LogP contribution in [0.25, 0.3) is 0 Å². The molecule has 0 amide bonds. The normalized spacial score (nSPS) is 23.1. The summed E-state index contributed by atoms with van der Waals surface area (Å²) in [6.07, 6.45) is 1.56. The molecule has 0 aromatic carbocycles. The number of pyridine rings is 1. The number of nitrogens with zero attached hydrogens (tertiary/aromatic N) is 2. The Balaban J connectivity index is 2.29. The molecule has 0 aliphatic carbocycles. The first-order chi connectivity index (χ1) is 8.43. The molecule has 1 saturated heterocycles. The highest BCUT2D eigenvalue weighted by Crippen LogP contribution is 2.29. The van der Waals surface area contributed by atoms with Crippen LogP contribution in [0.3, 0.4) is 0 Å². The van der Waals surface area contributed by atoms with Crippen molar-refractivity contribution in [2.45, 2.75) is 32.5 Å². The number of rotatable bonds is 2. The number of hydrogen-bond donors (Lipinski definition) is 2. The zero-order valence-corrected chi connectivity index (χ0v) is 11.2. The average molecular weight is 251 g/mol. The van der Waals surface area contributed by atoms with E-state index in [0.29, 0.717) is 18.8 Å². The van der Waals surface area contributed by atoms with Crippen molar-refractivity contribution in [2.75, 3.05) is 30.3 Å². The standard InChI is InChI=1S/C13H21N3O2/c1-9-4-5-15-12(11(9)14)16-6-10(7-17)18-13(2,3)8-16/h4-5,10,17H,6-8,14H2,1-3H3. The van der Waals surface area contributed by atoms with Gasteiger partial charge in [-0.15, -0.1) is 0 Å². The van der Waals surface area contributed by atoms with E-state index in [2.05, 4.69) is 9.88 Å². The topological polar surface area (TPSA) is 71.6 Å². The number of nitrogens with two attached hydrogens (primary N) is 1. The molecule has 18 heavy (non-hydrogen) atoms. The van der Waals surface area contributed by atoms with Crippen LogP contribution in [-0.4, -0.2) is 41.5 Å². The summed E-state index contributed by atoms with van der Waals surface area (Å²) in [7, 11) is 0. The minimum Gasteiger partial charge on any atom is -0.396 e. The minimum absolute atomic E-state index is 0.00561. The molecule has 2 heterocycles. The molecule has 1 aliphatic heterocycles. The largest absolute Gasteiger partial charge is 0.396 e. The van der Waals surface area contributed by atoms with Crippen LogP contribution in [0.1, 0.15) is 19.4 Å². The second-order valence-electron chi connectivity index (χ2n) is 5.43. The van der Waals surface area contributed by atoms with Gasteiger partial charge >= 0.3 is 0 Å². The van der Waals surface area contributed by atoms with E-state index in [1.807, 2.05) is 26.8 Å². The van der Waals surface area contributed by atoms with Gasteiger partial charge in [0.2, 0.25) is 0 Å². The second kappa shape index (κ2) is 4.74. The third-order valence-corrected chi connectivity index (χ3v) is 3.17. The van der Waals surface area contributed by atoms with Crippen molar-refractivity contribution < 1.29 is 9.84 Å². The van der Waals surface area contributed by atoms with Crippen molar-refractivity contribution in [3.63, 3.8) is 0 Å². The van der Waals surface area contributed by atoms with Crippen molar-refractivity contribution in [1.82, 2.24) is 4.98 Å². The highest BCUT2D eigenvalue weighted by Gasteiger charge is 2.34. The molecule has 1 fully saturated rings. The highest BCUT2D eigenvalue weighted by molar-refractivity contribution is 5.66. The van der Waals surface area contributed by atoms with Crippen molar-refractivity contribution in [1.29, 1.82) is 0 Å². The van der Waals surface area contributed by atoms with E-state index < -0.39 is 0 Å². The van der Waals surface area contributed by atoms with Gasteiger partial charge in [0, 0.05) is 19.3 Å². The number of aliphatic hydroxyl groups excluding tert-OH is 1. The van der Waals surface area contributed by atoms with E-state index in [1.165, 1.54) is 0 Å². The van der Waals surface area contributed by atoms with Crippen molar-refractivity contribution >= 4 is 11.5 Å². The molecule has 0 spiro atoms. The Morgan fingerprint density at radius 3 is 3.00 bits per heavy atom. The molecule has 0 saturated carbocycles. The fourth-order valence-electron chi connectivity index (χ4n) is 2.36. The van der Waals surface area contributed by atoms with Gasteiger partial charge in [-0.1, -0.05) is 0 Å². The molecule has 1 unspecified atom stereocenters. The Bertz CT molecular complexity index is 434. The summed E-state index contributed by atoms with van der Waals surface area (Å²) in [5.74, 6) is 0.782. The zero-order valence-electron chi connectivity index (χ0n) is 11.2. The number of nitrogen functional groups attached to an aromatic ring is 1. The van der Waals surface area contributed by atoms with Crippen LogP contribution < -0.4 is 10.6 Å². The first-order valence-electron chi connectivity index (χ1n) is 6.17. The van der Waals surface area contributed by atoms with Gasteiger partial charge in [-0.3, -0.25) is 0 Å². The van der Waals surface area contributed by atoms with E-state index >= 15 is 0 Å². The summed E-state index contributed by atoms with van der Waals surface area (Å²) in [5, 5.41) is 9.31. The molecule has 5 nitrogen and oxygen atoms in total. The minimum atomic E-state index is -0.316. The predicted molar refractivity (Wildman–Crippen MR) is 71.6 cm³/mol. The maximum atomic E-state index is 9.31. The summed E-state index contributed by atoms with van der Waals surface area (Å²) >= 11 is 0. The Kier molecular flexibility index (Phi) is 3.45. The SMILES string of the molecule is Cc1ccnc(N2CC(CO)OC(C)(C)C2)c1N. The Morgan fingerprint density at radius 1 is 1.61 bits per heavy atom. The van der Waals surface area contributed by atoms with Gasteiger partial charge in [-0.05, 0) is 32.4 Å². The van der Waals surface area contributed by atoms with Gasteiger partial charge in [0.25, 0.3) is 0 Å². The van der Waals surface area contributed by atoms with E-state index in [9.17, 15) is 5.11 Å². The number of hydrogen-bond acceptors (Lipinski definition) is 5. The summed E-state index contributed by atoms with van der Waals surface area (Å²) in [6, 6.07) is 1.90. The van der Waals surface area contributed by atoms with Crippen LogP contribution in [0.2, 0.25) is 0 Å². The first-order valence-corrected chi connectivity index (χ1v) is 6.17. The number of aryl methyl sites for hydroxylation is 1. The van der Waals surface area contributed by atoms with Crippen LogP contribution >= 0.6 is 0 Å². The lowest BCUT2D eigenvalue weighted by atomic mass is 10.0. The molecule has 3 N–H and O–H groups in total. The summed E-state index contributed by atoms with van der Waals surface area (Å²) in [4.78, 5) is 6.45. The van der Waals surface area contributed by atoms with Gasteiger partial charge in [0.15, 0.2) is 5.82 Å². The number of aromatic nitrogens is 1. The molecule has 5 heteroatoms. The molecule has 1 atom stereocenters. The molecule has 0 radical (unpaired) electrons. The van der Waals surface area contributed by atoms with Crippen molar-refractivity contribution in [3.8, 4) is 0 Å². The van der Waals surface area contributed by atoms with E-state index in [4.69, 9.17) is 10.5 Å². The molecule has 0 bridgehead atoms. The Labute approximate surface area is 108 Å². The first kappa shape index (κ1) is 13.1. The molecular weight excluding hydrogens is 230 g/mol. The molecular formula is C13H21N3O2. The monoisotopic (exact) mass is 251 g/mol. The van der Waals surface area contributed by atoms with Crippen LogP contribution in [0.4, 0.5) is 11.5 Å². The lowest BCUT2D eigenvalue weighted by Crippen LogP contribution is -2.54.